The number of benzene rings is 3. The van der Waals surface area contributed by atoms with Gasteiger partial charge in [0, 0.05) is 0 Å². The Hall–Kier alpha value is -2.92. The molecule has 4 rings (SSSR count). The van der Waals surface area contributed by atoms with Crippen LogP contribution in [0.2, 0.25) is 0 Å². The molecule has 0 spiro atoms. The third kappa shape index (κ3) is 6.53. The lowest BCUT2D eigenvalue weighted by Gasteiger charge is -2.34. The fraction of sp³-hybridized carbons (Fsp3) is 0.259. The van der Waals surface area contributed by atoms with Crippen molar-refractivity contribution in [3.63, 3.8) is 0 Å². The van der Waals surface area contributed by atoms with Crippen molar-refractivity contribution in [1.82, 2.24) is 0 Å². The largest absolute Gasteiger partial charge is 0.493 e. The molecule has 0 amide bonds. The van der Waals surface area contributed by atoms with Crippen LogP contribution in [0, 0.1) is 0 Å². The predicted molar refractivity (Wildman–Crippen MR) is 120 cm³/mol. The van der Waals surface area contributed by atoms with Gasteiger partial charge < -0.3 is 18.9 Å². The highest BCUT2D eigenvalue weighted by Crippen LogP contribution is 2.22. The zero-order valence-electron chi connectivity index (χ0n) is 17.5. The van der Waals surface area contributed by atoms with Crippen LogP contribution in [0.4, 0.5) is 0 Å². The van der Waals surface area contributed by atoms with Gasteiger partial charge in [0.25, 0.3) is 0 Å². The molecular weight excluding hydrogens is 388 g/mol. The van der Waals surface area contributed by atoms with Crippen LogP contribution >= 0.6 is 0 Å². The maximum atomic E-state index is 6.30. The van der Waals surface area contributed by atoms with E-state index in [4.69, 9.17) is 18.9 Å². The minimum Gasteiger partial charge on any atom is -0.493 e. The van der Waals surface area contributed by atoms with Crippen LogP contribution < -0.4 is 0 Å². The van der Waals surface area contributed by atoms with Crippen molar-refractivity contribution in [3.05, 3.63) is 120 Å². The van der Waals surface area contributed by atoms with E-state index in [1.165, 1.54) is 0 Å². The smallest absolute Gasteiger partial charge is 0.150 e. The minimum absolute atomic E-state index is 0.219. The van der Waals surface area contributed by atoms with E-state index in [0.717, 1.165) is 16.7 Å². The van der Waals surface area contributed by atoms with Crippen molar-refractivity contribution in [1.29, 1.82) is 0 Å². The van der Waals surface area contributed by atoms with Gasteiger partial charge in [-0.05, 0) is 22.8 Å². The maximum Gasteiger partial charge on any atom is 0.150 e. The van der Waals surface area contributed by atoms with Crippen molar-refractivity contribution >= 4 is 0 Å². The normalized spacial score (nSPS) is 20.3. The second-order valence-electron chi connectivity index (χ2n) is 7.53. The van der Waals surface area contributed by atoms with E-state index in [0.29, 0.717) is 26.4 Å². The molecule has 3 atom stereocenters. The van der Waals surface area contributed by atoms with Crippen LogP contribution in [0.25, 0.3) is 0 Å². The molecule has 160 valence electrons. The van der Waals surface area contributed by atoms with E-state index in [1.807, 2.05) is 60.7 Å². The standard InChI is InChI=1S/C27H28O4/c1-4-10-22(11-5-1)18-28-21-26-27(31-20-24-14-8-3-9-15-24)25(16-17-29-26)30-19-23-12-6-2-7-13-23/h1-17,25-27H,18-21H2/t25-,26-,27-/m0/s1. The molecule has 0 saturated heterocycles. The Balaban J connectivity index is 1.39. The Morgan fingerprint density at radius 1 is 0.613 bits per heavy atom. The van der Waals surface area contributed by atoms with Crippen LogP contribution in [0.15, 0.2) is 103 Å². The second-order valence-corrected chi connectivity index (χ2v) is 7.53. The van der Waals surface area contributed by atoms with Gasteiger partial charge in [-0.2, -0.15) is 0 Å². The number of hydrogen-bond donors (Lipinski definition) is 0. The summed E-state index contributed by atoms with van der Waals surface area (Å²) in [7, 11) is 0. The maximum absolute atomic E-state index is 6.30. The van der Waals surface area contributed by atoms with Gasteiger partial charge >= 0.3 is 0 Å². The molecule has 31 heavy (non-hydrogen) atoms. The molecule has 0 N–H and O–H groups in total. The summed E-state index contributed by atoms with van der Waals surface area (Å²) < 4.78 is 24.4. The van der Waals surface area contributed by atoms with Crippen molar-refractivity contribution in [2.75, 3.05) is 6.61 Å². The molecule has 0 aromatic heterocycles. The van der Waals surface area contributed by atoms with Crippen LogP contribution in [0.5, 0.6) is 0 Å². The lowest BCUT2D eigenvalue weighted by Crippen LogP contribution is -2.45. The van der Waals surface area contributed by atoms with Crippen molar-refractivity contribution in [2.24, 2.45) is 0 Å². The highest BCUT2D eigenvalue weighted by atomic mass is 16.6. The first kappa shape index (κ1) is 21.3. The Morgan fingerprint density at radius 2 is 1.13 bits per heavy atom. The summed E-state index contributed by atoms with van der Waals surface area (Å²) >= 11 is 0. The summed E-state index contributed by atoms with van der Waals surface area (Å²) in [6.45, 7) is 1.96. The summed E-state index contributed by atoms with van der Waals surface area (Å²) in [5.41, 5.74) is 3.37. The van der Waals surface area contributed by atoms with E-state index in [1.54, 1.807) is 6.26 Å². The first-order valence-electron chi connectivity index (χ1n) is 10.6. The van der Waals surface area contributed by atoms with Gasteiger partial charge in [0.15, 0.2) is 0 Å². The molecule has 0 bridgehead atoms. The fourth-order valence-electron chi connectivity index (χ4n) is 3.51. The lowest BCUT2D eigenvalue weighted by atomic mass is 10.1. The molecule has 4 nitrogen and oxygen atoms in total. The van der Waals surface area contributed by atoms with Crippen LogP contribution in [0.1, 0.15) is 16.7 Å². The molecule has 1 heterocycles. The molecule has 0 aliphatic carbocycles. The molecule has 0 radical (unpaired) electrons. The van der Waals surface area contributed by atoms with E-state index in [9.17, 15) is 0 Å². The van der Waals surface area contributed by atoms with Gasteiger partial charge in [-0.3, -0.25) is 0 Å². The first-order valence-corrected chi connectivity index (χ1v) is 10.6. The molecule has 1 aliphatic rings. The summed E-state index contributed by atoms with van der Waals surface area (Å²) in [4.78, 5) is 0. The van der Waals surface area contributed by atoms with Gasteiger partial charge in [0.2, 0.25) is 0 Å². The summed E-state index contributed by atoms with van der Waals surface area (Å²) in [5, 5.41) is 0. The van der Waals surface area contributed by atoms with Crippen molar-refractivity contribution in [3.8, 4) is 0 Å². The molecule has 0 fully saturated rings. The van der Waals surface area contributed by atoms with E-state index < -0.39 is 0 Å². The van der Waals surface area contributed by atoms with Gasteiger partial charge in [-0.1, -0.05) is 91.0 Å². The minimum atomic E-state index is -0.273. The Bertz CT molecular complexity index is 912. The third-order valence-corrected chi connectivity index (χ3v) is 5.18. The lowest BCUT2D eigenvalue weighted by molar-refractivity contribution is -0.147. The zero-order chi connectivity index (χ0) is 21.1. The Morgan fingerprint density at radius 3 is 1.71 bits per heavy atom. The molecule has 1 aliphatic heterocycles. The molecule has 3 aromatic carbocycles. The SMILES string of the molecule is C1=C[C@H](OCc2ccccc2)[C@H](OCc2ccccc2)[C@H](COCc2ccccc2)O1. The van der Waals surface area contributed by atoms with Crippen LogP contribution in [-0.2, 0) is 38.8 Å². The molecule has 0 saturated carbocycles. The van der Waals surface area contributed by atoms with Crippen LogP contribution in [0.3, 0.4) is 0 Å². The highest BCUT2D eigenvalue weighted by molar-refractivity contribution is 5.15. The molecule has 3 aromatic rings. The van der Waals surface area contributed by atoms with E-state index in [2.05, 4.69) is 36.4 Å². The zero-order valence-corrected chi connectivity index (χ0v) is 17.5. The number of hydrogen-bond acceptors (Lipinski definition) is 4. The Kier molecular flexibility index (Phi) is 7.88. The Labute approximate surface area is 184 Å². The third-order valence-electron chi connectivity index (χ3n) is 5.18. The topological polar surface area (TPSA) is 36.9 Å². The number of rotatable bonds is 10. The predicted octanol–water partition coefficient (Wildman–Crippen LogP) is 5.29. The molecule has 4 heteroatoms. The van der Waals surface area contributed by atoms with E-state index >= 15 is 0 Å². The van der Waals surface area contributed by atoms with Gasteiger partial charge in [0.1, 0.15) is 18.3 Å². The summed E-state index contributed by atoms with van der Waals surface area (Å²) in [6.07, 6.45) is 2.88. The quantitative estimate of drug-likeness (QED) is 0.450. The molecule has 0 unspecified atom stereocenters. The highest BCUT2D eigenvalue weighted by Gasteiger charge is 2.34. The first-order chi connectivity index (χ1) is 15.4. The fourth-order valence-corrected chi connectivity index (χ4v) is 3.51. The van der Waals surface area contributed by atoms with Gasteiger partial charge in [-0.15, -0.1) is 0 Å². The second kappa shape index (κ2) is 11.5. The summed E-state index contributed by atoms with van der Waals surface area (Å²) in [6, 6.07) is 30.4. The molecular formula is C27H28O4. The van der Waals surface area contributed by atoms with Gasteiger partial charge in [-0.25, -0.2) is 0 Å². The van der Waals surface area contributed by atoms with Gasteiger partial charge in [0.05, 0.1) is 32.7 Å². The summed E-state index contributed by atoms with van der Waals surface area (Å²) in [5.74, 6) is 0. The number of ether oxygens (including phenoxy) is 4. The van der Waals surface area contributed by atoms with E-state index in [-0.39, 0.29) is 18.3 Å². The van der Waals surface area contributed by atoms with Crippen LogP contribution in [-0.4, -0.2) is 24.9 Å². The average molecular weight is 417 g/mol. The van der Waals surface area contributed by atoms with Crippen molar-refractivity contribution < 1.29 is 18.9 Å². The monoisotopic (exact) mass is 416 g/mol. The van der Waals surface area contributed by atoms with Crippen molar-refractivity contribution in [2.45, 2.75) is 38.1 Å². The average Bonchev–Trinajstić information content (AvgIpc) is 2.84.